The summed E-state index contributed by atoms with van der Waals surface area (Å²) < 4.78 is 11.8. The van der Waals surface area contributed by atoms with Crippen molar-refractivity contribution in [1.29, 1.82) is 0 Å². The topological polar surface area (TPSA) is 50.8 Å². The van der Waals surface area contributed by atoms with Crippen LogP contribution in [0.25, 0.3) is 0 Å². The number of nitrogens with one attached hydrogen (secondary N) is 1. The average molecular weight is 336 g/mol. The van der Waals surface area contributed by atoms with Crippen LogP contribution in [0.4, 0.5) is 5.69 Å². The van der Waals surface area contributed by atoms with Crippen LogP contribution in [0, 0.1) is 0 Å². The molecule has 0 bridgehead atoms. The Balaban J connectivity index is 1.62. The zero-order valence-corrected chi connectivity index (χ0v) is 13.9. The molecule has 2 aromatic rings. The monoisotopic (exact) mass is 336 g/mol. The highest BCUT2D eigenvalue weighted by molar-refractivity contribution is 6.02. The average Bonchev–Trinajstić information content (AvgIpc) is 3.48. The van der Waals surface area contributed by atoms with Crippen molar-refractivity contribution in [2.75, 3.05) is 18.5 Å². The van der Waals surface area contributed by atoms with Gasteiger partial charge in [0.25, 0.3) is 5.91 Å². The third-order valence-electron chi connectivity index (χ3n) is 5.00. The van der Waals surface area contributed by atoms with Gasteiger partial charge in [-0.1, -0.05) is 24.3 Å². The lowest BCUT2D eigenvalue weighted by atomic mass is 10.0. The van der Waals surface area contributed by atoms with Crippen LogP contribution in [0.2, 0.25) is 0 Å². The number of para-hydroxylation sites is 2. The second-order valence-electron chi connectivity index (χ2n) is 6.76. The zero-order valence-electron chi connectivity index (χ0n) is 13.9. The van der Waals surface area contributed by atoms with Crippen LogP contribution in [0.3, 0.4) is 0 Å². The summed E-state index contributed by atoms with van der Waals surface area (Å²) in [6.07, 6.45) is 2.74. The molecule has 2 aliphatic heterocycles. The van der Waals surface area contributed by atoms with E-state index >= 15 is 0 Å². The Kier molecular flexibility index (Phi) is 3.33. The van der Waals surface area contributed by atoms with Crippen molar-refractivity contribution in [2.45, 2.75) is 31.5 Å². The minimum Gasteiger partial charge on any atom is -0.490 e. The Labute approximate surface area is 146 Å². The number of nitrogens with zero attached hydrogens (tertiary/aromatic N) is 1. The van der Waals surface area contributed by atoms with Crippen LogP contribution >= 0.6 is 0 Å². The van der Waals surface area contributed by atoms with Gasteiger partial charge in [-0.2, -0.15) is 0 Å². The molecule has 5 nitrogen and oxygen atoms in total. The second-order valence-corrected chi connectivity index (χ2v) is 6.76. The molecule has 1 aliphatic carbocycles. The first-order chi connectivity index (χ1) is 12.3. The van der Waals surface area contributed by atoms with E-state index in [1.165, 1.54) is 0 Å². The number of hydrogen-bond acceptors (Lipinski definition) is 4. The lowest BCUT2D eigenvalue weighted by Gasteiger charge is -2.39. The number of anilines is 1. The van der Waals surface area contributed by atoms with Crippen LogP contribution in [-0.2, 0) is 0 Å². The first kappa shape index (κ1) is 14.6. The fraction of sp³-hybridized carbons (Fsp3) is 0.350. The molecule has 0 saturated heterocycles. The molecule has 2 heterocycles. The van der Waals surface area contributed by atoms with Crippen molar-refractivity contribution in [2.24, 2.45) is 0 Å². The van der Waals surface area contributed by atoms with E-state index in [1.807, 2.05) is 47.4 Å². The van der Waals surface area contributed by atoms with E-state index in [0.717, 1.165) is 47.6 Å². The van der Waals surface area contributed by atoms with E-state index in [4.69, 9.17) is 9.47 Å². The Bertz CT molecular complexity index is 831. The molecule has 1 atom stereocenters. The minimum absolute atomic E-state index is 0.0917. The fourth-order valence-corrected chi connectivity index (χ4v) is 3.66. The molecule has 1 saturated carbocycles. The van der Waals surface area contributed by atoms with Gasteiger partial charge in [0.1, 0.15) is 6.17 Å². The third kappa shape index (κ3) is 2.42. The first-order valence-electron chi connectivity index (χ1n) is 8.89. The molecular weight excluding hydrogens is 316 g/mol. The Morgan fingerprint density at radius 3 is 2.72 bits per heavy atom. The van der Waals surface area contributed by atoms with Gasteiger partial charge in [0.05, 0.1) is 18.8 Å². The number of hydrogen-bond donors (Lipinski definition) is 1. The molecule has 5 rings (SSSR count). The molecule has 3 aliphatic rings. The van der Waals surface area contributed by atoms with Crippen molar-refractivity contribution in [1.82, 2.24) is 4.90 Å². The molecule has 1 fully saturated rings. The number of benzene rings is 2. The van der Waals surface area contributed by atoms with Gasteiger partial charge in [0, 0.05) is 23.7 Å². The summed E-state index contributed by atoms with van der Waals surface area (Å²) in [4.78, 5) is 15.1. The smallest absolute Gasteiger partial charge is 0.258 e. The molecule has 1 amide bonds. The van der Waals surface area contributed by atoms with Crippen molar-refractivity contribution in [3.63, 3.8) is 0 Å². The maximum Gasteiger partial charge on any atom is 0.258 e. The lowest BCUT2D eigenvalue weighted by molar-refractivity contribution is 0.0663. The van der Waals surface area contributed by atoms with Gasteiger partial charge in [0.2, 0.25) is 0 Å². The Morgan fingerprint density at radius 2 is 1.84 bits per heavy atom. The largest absolute Gasteiger partial charge is 0.490 e. The van der Waals surface area contributed by atoms with E-state index in [9.17, 15) is 4.79 Å². The van der Waals surface area contributed by atoms with E-state index in [2.05, 4.69) is 5.32 Å². The molecule has 2 aromatic carbocycles. The van der Waals surface area contributed by atoms with Crippen LogP contribution < -0.4 is 14.8 Å². The van der Waals surface area contributed by atoms with Gasteiger partial charge in [-0.05, 0) is 31.0 Å². The maximum atomic E-state index is 13.1. The van der Waals surface area contributed by atoms with Gasteiger partial charge >= 0.3 is 0 Å². The predicted molar refractivity (Wildman–Crippen MR) is 94.0 cm³/mol. The first-order valence-corrected chi connectivity index (χ1v) is 8.89. The predicted octanol–water partition coefficient (Wildman–Crippen LogP) is 3.58. The van der Waals surface area contributed by atoms with Crippen LogP contribution in [0.1, 0.15) is 41.3 Å². The summed E-state index contributed by atoms with van der Waals surface area (Å²) in [6.45, 7) is 1.29. The number of carbonyl (C=O) groups is 1. The van der Waals surface area contributed by atoms with Crippen molar-refractivity contribution >= 4 is 11.6 Å². The summed E-state index contributed by atoms with van der Waals surface area (Å²) in [5.41, 5.74) is 2.58. The molecule has 0 spiro atoms. The molecule has 5 heteroatoms. The van der Waals surface area contributed by atoms with E-state index in [0.29, 0.717) is 19.3 Å². The molecule has 0 unspecified atom stereocenters. The molecule has 128 valence electrons. The highest BCUT2D eigenvalue weighted by Crippen LogP contribution is 2.45. The lowest BCUT2D eigenvalue weighted by Crippen LogP contribution is -2.44. The third-order valence-corrected chi connectivity index (χ3v) is 5.00. The van der Waals surface area contributed by atoms with E-state index in [1.54, 1.807) is 0 Å². The molecular formula is C20H20N2O3. The van der Waals surface area contributed by atoms with Gasteiger partial charge < -0.3 is 19.7 Å². The standard InChI is InChI=1S/C20H20N2O3/c23-20-14-5-1-2-7-16(14)21-19(22(20)13-9-10-13)15-6-3-8-17-18(15)25-12-4-11-24-17/h1-3,5-8,13,19,21H,4,9-12H2/t19-/m1/s1. The van der Waals surface area contributed by atoms with E-state index in [-0.39, 0.29) is 12.1 Å². The van der Waals surface area contributed by atoms with Gasteiger partial charge in [-0.25, -0.2) is 0 Å². The van der Waals surface area contributed by atoms with Crippen molar-refractivity contribution in [3.05, 3.63) is 53.6 Å². The number of rotatable bonds is 2. The van der Waals surface area contributed by atoms with E-state index < -0.39 is 0 Å². The van der Waals surface area contributed by atoms with Crippen LogP contribution in [0.15, 0.2) is 42.5 Å². The van der Waals surface area contributed by atoms with Gasteiger partial charge in [-0.15, -0.1) is 0 Å². The summed E-state index contributed by atoms with van der Waals surface area (Å²) in [5.74, 6) is 1.61. The van der Waals surface area contributed by atoms with Crippen molar-refractivity contribution < 1.29 is 14.3 Å². The van der Waals surface area contributed by atoms with Crippen LogP contribution in [0.5, 0.6) is 11.5 Å². The fourth-order valence-electron chi connectivity index (χ4n) is 3.66. The summed E-state index contributed by atoms with van der Waals surface area (Å²) >= 11 is 0. The SMILES string of the molecule is O=C1c2ccccc2N[C@@H](c2cccc3c2OCCCO3)N1C1CC1. The number of ether oxygens (including phenoxy) is 2. The Morgan fingerprint density at radius 1 is 1.00 bits per heavy atom. The second kappa shape index (κ2) is 5.69. The quantitative estimate of drug-likeness (QED) is 0.911. The Hall–Kier alpha value is -2.69. The van der Waals surface area contributed by atoms with Gasteiger partial charge in [-0.3, -0.25) is 4.79 Å². The molecule has 0 radical (unpaired) electrons. The van der Waals surface area contributed by atoms with Gasteiger partial charge in [0.15, 0.2) is 11.5 Å². The summed E-state index contributed by atoms with van der Waals surface area (Å²) in [7, 11) is 0. The highest BCUT2D eigenvalue weighted by Gasteiger charge is 2.43. The number of amides is 1. The molecule has 1 N–H and O–H groups in total. The minimum atomic E-state index is -0.230. The number of carbonyl (C=O) groups excluding carboxylic acids is 1. The zero-order chi connectivity index (χ0) is 16.8. The normalized spacial score (nSPS) is 22.0. The summed E-state index contributed by atoms with van der Waals surface area (Å²) in [6, 6.07) is 13.9. The molecule has 25 heavy (non-hydrogen) atoms. The maximum absolute atomic E-state index is 13.1. The highest BCUT2D eigenvalue weighted by atomic mass is 16.5. The molecule has 0 aromatic heterocycles. The van der Waals surface area contributed by atoms with Crippen LogP contribution in [-0.4, -0.2) is 30.1 Å². The summed E-state index contributed by atoms with van der Waals surface area (Å²) in [5, 5.41) is 3.56. The van der Waals surface area contributed by atoms with Crippen molar-refractivity contribution in [3.8, 4) is 11.5 Å². The number of fused-ring (bicyclic) bond motifs is 2.